The number of aliphatic imine (C=N–C) groups is 2. The lowest BCUT2D eigenvalue weighted by molar-refractivity contribution is -0.122. The van der Waals surface area contributed by atoms with Gasteiger partial charge in [0.25, 0.3) is 5.91 Å². The third kappa shape index (κ3) is 5.27. The summed E-state index contributed by atoms with van der Waals surface area (Å²) < 4.78 is 5.13. The number of amidine groups is 1. The molecule has 2 aliphatic heterocycles. The fourth-order valence-corrected chi connectivity index (χ4v) is 3.49. The molecule has 0 bridgehead atoms. The number of nitrogens with one attached hydrogen (secondary N) is 1. The molecule has 0 spiro atoms. The smallest absolute Gasteiger partial charge is 0.280 e. The van der Waals surface area contributed by atoms with Gasteiger partial charge in [0.1, 0.15) is 5.75 Å². The van der Waals surface area contributed by atoms with E-state index in [1.165, 1.54) is 0 Å². The standard InChI is InChI=1S/C22H26N4O4/c1-14-15(2)24-19(25-22(14)29)12-23-20(27)13-26-10-8-17(9-11-26)21(28)16-4-6-18(30-3)7-5-16/h4-7,17H,1,8-13H2,2-3H3,(H,23,27). The van der Waals surface area contributed by atoms with Crippen molar-refractivity contribution in [3.05, 3.63) is 42.0 Å². The van der Waals surface area contributed by atoms with Gasteiger partial charge in [-0.2, -0.15) is 4.99 Å². The van der Waals surface area contributed by atoms with Crippen molar-refractivity contribution in [2.45, 2.75) is 19.8 Å². The van der Waals surface area contributed by atoms with Crippen molar-refractivity contribution in [3.8, 4) is 5.75 Å². The van der Waals surface area contributed by atoms with Crippen LogP contribution < -0.4 is 10.1 Å². The van der Waals surface area contributed by atoms with Crippen molar-refractivity contribution in [2.24, 2.45) is 15.9 Å². The second-order valence-electron chi connectivity index (χ2n) is 7.43. The molecular weight excluding hydrogens is 384 g/mol. The molecule has 1 aromatic carbocycles. The van der Waals surface area contributed by atoms with Crippen molar-refractivity contribution in [1.29, 1.82) is 0 Å². The number of carbonyl (C=O) groups excluding carboxylic acids is 3. The molecule has 0 aromatic heterocycles. The quantitative estimate of drug-likeness (QED) is 0.544. The van der Waals surface area contributed by atoms with Gasteiger partial charge in [-0.15, -0.1) is 0 Å². The first-order chi connectivity index (χ1) is 14.4. The molecule has 30 heavy (non-hydrogen) atoms. The lowest BCUT2D eigenvalue weighted by Crippen LogP contribution is -2.43. The predicted octanol–water partition coefficient (Wildman–Crippen LogP) is 1.66. The molecular formula is C22H26N4O4. The molecule has 0 unspecified atom stereocenters. The SMILES string of the molecule is C=C1C(=O)N=C(CNC(=O)CN2CCC(C(=O)c3ccc(OC)cc3)CC2)N=C1C. The second-order valence-corrected chi connectivity index (χ2v) is 7.43. The topological polar surface area (TPSA) is 100 Å². The molecule has 8 heteroatoms. The van der Waals surface area contributed by atoms with Crippen molar-refractivity contribution in [3.63, 3.8) is 0 Å². The van der Waals surface area contributed by atoms with Gasteiger partial charge in [0.05, 0.1) is 31.5 Å². The van der Waals surface area contributed by atoms with E-state index in [9.17, 15) is 14.4 Å². The highest BCUT2D eigenvalue weighted by molar-refractivity contribution is 6.28. The number of likely N-dealkylation sites (tertiary alicyclic amines) is 1. The molecule has 1 saturated heterocycles. The predicted molar refractivity (Wildman–Crippen MR) is 114 cm³/mol. The Morgan fingerprint density at radius 2 is 1.87 bits per heavy atom. The van der Waals surface area contributed by atoms with Gasteiger partial charge in [-0.1, -0.05) is 6.58 Å². The number of rotatable bonds is 7. The molecule has 2 amide bonds. The molecule has 0 aliphatic carbocycles. The van der Waals surface area contributed by atoms with Crippen LogP contribution in [0, 0.1) is 5.92 Å². The monoisotopic (exact) mass is 410 g/mol. The van der Waals surface area contributed by atoms with Crippen LogP contribution in [0.4, 0.5) is 0 Å². The fraction of sp³-hybridized carbons (Fsp3) is 0.409. The van der Waals surface area contributed by atoms with Gasteiger partial charge < -0.3 is 10.1 Å². The first-order valence-corrected chi connectivity index (χ1v) is 9.91. The van der Waals surface area contributed by atoms with Crippen LogP contribution >= 0.6 is 0 Å². The molecule has 8 nitrogen and oxygen atoms in total. The maximum Gasteiger partial charge on any atom is 0.280 e. The third-order valence-corrected chi connectivity index (χ3v) is 5.37. The second kappa shape index (κ2) is 9.58. The summed E-state index contributed by atoms with van der Waals surface area (Å²) in [4.78, 5) is 46.6. The Morgan fingerprint density at radius 3 is 2.47 bits per heavy atom. The molecule has 2 heterocycles. The maximum absolute atomic E-state index is 12.7. The first kappa shape index (κ1) is 21.6. The van der Waals surface area contributed by atoms with E-state index < -0.39 is 5.91 Å². The molecule has 0 radical (unpaired) electrons. The van der Waals surface area contributed by atoms with Crippen LogP contribution in [-0.4, -0.2) is 67.3 Å². The minimum Gasteiger partial charge on any atom is -0.497 e. The van der Waals surface area contributed by atoms with E-state index in [4.69, 9.17) is 4.74 Å². The number of benzene rings is 1. The molecule has 158 valence electrons. The number of methoxy groups -OCH3 is 1. The molecule has 0 atom stereocenters. The van der Waals surface area contributed by atoms with Gasteiger partial charge in [0.2, 0.25) is 5.91 Å². The summed E-state index contributed by atoms with van der Waals surface area (Å²) in [6.07, 6.45) is 1.43. The summed E-state index contributed by atoms with van der Waals surface area (Å²) in [5, 5.41) is 2.75. The number of hydrogen-bond donors (Lipinski definition) is 1. The minimum atomic E-state index is -0.421. The van der Waals surface area contributed by atoms with E-state index in [-0.39, 0.29) is 42.1 Å². The van der Waals surface area contributed by atoms with Crippen molar-refractivity contribution in [1.82, 2.24) is 10.2 Å². The van der Waals surface area contributed by atoms with Crippen LogP contribution in [0.15, 0.2) is 46.4 Å². The van der Waals surface area contributed by atoms with Gasteiger partial charge in [0.15, 0.2) is 11.6 Å². The van der Waals surface area contributed by atoms with Gasteiger partial charge in [-0.05, 0) is 57.1 Å². The van der Waals surface area contributed by atoms with Crippen molar-refractivity contribution < 1.29 is 19.1 Å². The molecule has 2 aliphatic rings. The highest BCUT2D eigenvalue weighted by Crippen LogP contribution is 2.23. The van der Waals surface area contributed by atoms with E-state index in [1.54, 1.807) is 38.3 Å². The highest BCUT2D eigenvalue weighted by Gasteiger charge is 2.27. The summed E-state index contributed by atoms with van der Waals surface area (Å²) in [5.74, 6) is 0.517. The van der Waals surface area contributed by atoms with E-state index in [0.29, 0.717) is 37.2 Å². The van der Waals surface area contributed by atoms with Gasteiger partial charge in [-0.3, -0.25) is 19.3 Å². The van der Waals surface area contributed by atoms with Crippen LogP contribution in [0.5, 0.6) is 5.75 Å². The van der Waals surface area contributed by atoms with Crippen LogP contribution in [0.25, 0.3) is 0 Å². The molecule has 0 saturated carbocycles. The Labute approximate surface area is 175 Å². The Hall–Kier alpha value is -3.13. The summed E-state index contributed by atoms with van der Waals surface area (Å²) in [7, 11) is 1.59. The summed E-state index contributed by atoms with van der Waals surface area (Å²) >= 11 is 0. The summed E-state index contributed by atoms with van der Waals surface area (Å²) in [6.45, 7) is 7.00. The van der Waals surface area contributed by atoms with Gasteiger partial charge in [-0.25, -0.2) is 4.99 Å². The van der Waals surface area contributed by atoms with E-state index >= 15 is 0 Å². The minimum absolute atomic E-state index is 0.0364. The lowest BCUT2D eigenvalue weighted by atomic mass is 9.89. The van der Waals surface area contributed by atoms with E-state index in [2.05, 4.69) is 21.9 Å². The van der Waals surface area contributed by atoms with E-state index in [1.807, 2.05) is 4.90 Å². The Kier molecular flexibility index (Phi) is 6.89. The third-order valence-electron chi connectivity index (χ3n) is 5.37. The Bertz CT molecular complexity index is 910. The van der Waals surface area contributed by atoms with Crippen LogP contribution in [-0.2, 0) is 9.59 Å². The number of piperidine rings is 1. The van der Waals surface area contributed by atoms with Crippen molar-refractivity contribution >= 4 is 29.1 Å². The van der Waals surface area contributed by atoms with Crippen LogP contribution in [0.2, 0.25) is 0 Å². The zero-order valence-electron chi connectivity index (χ0n) is 17.3. The number of carbonyl (C=O) groups is 3. The first-order valence-electron chi connectivity index (χ1n) is 9.91. The van der Waals surface area contributed by atoms with E-state index in [0.717, 1.165) is 5.75 Å². The summed E-state index contributed by atoms with van der Waals surface area (Å²) in [5.41, 5.74) is 1.48. The molecule has 1 fully saturated rings. The van der Waals surface area contributed by atoms with Gasteiger partial charge >= 0.3 is 0 Å². The average molecular weight is 410 g/mol. The number of nitrogens with zero attached hydrogens (tertiary/aromatic N) is 3. The Morgan fingerprint density at radius 1 is 1.20 bits per heavy atom. The number of ether oxygens (including phenoxy) is 1. The summed E-state index contributed by atoms with van der Waals surface area (Å²) in [6, 6.07) is 7.16. The highest BCUT2D eigenvalue weighted by atomic mass is 16.5. The average Bonchev–Trinajstić information content (AvgIpc) is 2.76. The van der Waals surface area contributed by atoms with Crippen molar-refractivity contribution in [2.75, 3.05) is 33.3 Å². The largest absolute Gasteiger partial charge is 0.497 e. The normalized spacial score (nSPS) is 17.9. The van der Waals surface area contributed by atoms with Crippen LogP contribution in [0.3, 0.4) is 0 Å². The zero-order valence-corrected chi connectivity index (χ0v) is 17.3. The Balaban J connectivity index is 1.43. The number of amides is 2. The molecule has 1 N–H and O–H groups in total. The zero-order chi connectivity index (χ0) is 21.7. The lowest BCUT2D eigenvalue weighted by Gasteiger charge is -2.30. The molecule has 1 aromatic rings. The molecule has 3 rings (SSSR count). The van der Waals surface area contributed by atoms with Crippen LogP contribution in [0.1, 0.15) is 30.1 Å². The fourth-order valence-electron chi connectivity index (χ4n) is 3.49. The number of Topliss-reactive ketones (excluding diaryl/α,β-unsaturated/α-hetero) is 1. The number of ketones is 1. The number of hydrogen-bond acceptors (Lipinski definition) is 6. The maximum atomic E-state index is 12.7. The van der Waals surface area contributed by atoms with Gasteiger partial charge in [0, 0.05) is 11.5 Å².